The van der Waals surface area contributed by atoms with Crippen molar-refractivity contribution >= 4 is 27.3 Å². The van der Waals surface area contributed by atoms with Gasteiger partial charge in [0.15, 0.2) is 0 Å². The Balaban J connectivity index is 1.90. The highest BCUT2D eigenvalue weighted by Crippen LogP contribution is 2.13. The monoisotopic (exact) mass is 375 g/mol. The van der Waals surface area contributed by atoms with Crippen LogP contribution in [-0.2, 0) is 10.0 Å². The Morgan fingerprint density at radius 3 is 2.50 bits per heavy atom. The predicted octanol–water partition coefficient (Wildman–Crippen LogP) is 2.70. The molecule has 2 aromatic carbocycles. The second kappa shape index (κ2) is 9.24. The number of anilines is 2. The zero-order valence-corrected chi connectivity index (χ0v) is 15.9. The van der Waals surface area contributed by atoms with Gasteiger partial charge in [0, 0.05) is 37.1 Å². The molecule has 7 heteroatoms. The minimum Gasteiger partial charge on any atom is -0.373 e. The molecule has 0 unspecified atom stereocenters. The Morgan fingerprint density at radius 2 is 1.81 bits per heavy atom. The van der Waals surface area contributed by atoms with Crippen LogP contribution in [0.1, 0.15) is 23.7 Å². The van der Waals surface area contributed by atoms with Crippen LogP contribution >= 0.6 is 0 Å². The van der Waals surface area contributed by atoms with Gasteiger partial charge in [0.1, 0.15) is 0 Å². The van der Waals surface area contributed by atoms with Crippen molar-refractivity contribution in [3.05, 3.63) is 60.2 Å². The summed E-state index contributed by atoms with van der Waals surface area (Å²) in [5.41, 5.74) is 1.89. The standard InChI is InChI=1S/C19H25N3O3S/c1-3-14-26(24,25)21-17-9-7-8-16(15-17)19(23)20-12-13-22(2)18-10-5-4-6-11-18/h4-11,15,21H,3,12-14H2,1-2H3,(H,20,23). The van der Waals surface area contributed by atoms with E-state index in [0.29, 0.717) is 30.8 Å². The first-order valence-corrected chi connectivity index (χ1v) is 10.2. The number of carbonyl (C=O) groups is 1. The van der Waals surface area contributed by atoms with Gasteiger partial charge in [-0.1, -0.05) is 31.2 Å². The molecule has 0 saturated carbocycles. The summed E-state index contributed by atoms with van der Waals surface area (Å²) in [4.78, 5) is 14.4. The van der Waals surface area contributed by atoms with Crippen LogP contribution in [-0.4, -0.2) is 40.2 Å². The summed E-state index contributed by atoms with van der Waals surface area (Å²) in [5.74, 6) is -0.182. The average molecular weight is 375 g/mol. The SMILES string of the molecule is CCCS(=O)(=O)Nc1cccc(C(=O)NCCN(C)c2ccccc2)c1. The van der Waals surface area contributed by atoms with Crippen LogP contribution in [0.2, 0.25) is 0 Å². The predicted molar refractivity (Wildman–Crippen MR) is 106 cm³/mol. The molecular weight excluding hydrogens is 350 g/mol. The van der Waals surface area contributed by atoms with E-state index in [4.69, 9.17) is 0 Å². The second-order valence-electron chi connectivity index (χ2n) is 6.01. The number of benzene rings is 2. The molecule has 0 aliphatic heterocycles. The maximum Gasteiger partial charge on any atom is 0.251 e. The lowest BCUT2D eigenvalue weighted by Gasteiger charge is -2.19. The largest absolute Gasteiger partial charge is 0.373 e. The van der Waals surface area contributed by atoms with Crippen molar-refractivity contribution in [3.8, 4) is 0 Å². The average Bonchev–Trinajstić information content (AvgIpc) is 2.62. The van der Waals surface area contributed by atoms with E-state index < -0.39 is 10.0 Å². The highest BCUT2D eigenvalue weighted by atomic mass is 32.2. The van der Waals surface area contributed by atoms with Crippen LogP contribution in [0.4, 0.5) is 11.4 Å². The summed E-state index contributed by atoms with van der Waals surface area (Å²) < 4.78 is 26.2. The normalized spacial score (nSPS) is 11.0. The lowest BCUT2D eigenvalue weighted by atomic mass is 10.2. The number of carbonyl (C=O) groups excluding carboxylic acids is 1. The number of hydrogen-bond donors (Lipinski definition) is 2. The van der Waals surface area contributed by atoms with Crippen LogP contribution in [0.25, 0.3) is 0 Å². The molecule has 0 radical (unpaired) electrons. The van der Waals surface area contributed by atoms with E-state index in [1.165, 1.54) is 0 Å². The van der Waals surface area contributed by atoms with Gasteiger partial charge < -0.3 is 10.2 Å². The summed E-state index contributed by atoms with van der Waals surface area (Å²) in [6.07, 6.45) is 0.532. The van der Waals surface area contributed by atoms with Crippen LogP contribution in [0.3, 0.4) is 0 Å². The fraction of sp³-hybridized carbons (Fsp3) is 0.316. The summed E-state index contributed by atoms with van der Waals surface area (Å²) in [6.45, 7) is 2.95. The van der Waals surface area contributed by atoms with Crippen LogP contribution in [0.15, 0.2) is 54.6 Å². The van der Waals surface area contributed by atoms with Gasteiger partial charge in [-0.2, -0.15) is 0 Å². The van der Waals surface area contributed by atoms with Crippen LogP contribution in [0, 0.1) is 0 Å². The Hall–Kier alpha value is -2.54. The van der Waals surface area contributed by atoms with E-state index in [2.05, 4.69) is 14.9 Å². The third kappa shape index (κ3) is 6.07. The van der Waals surface area contributed by atoms with Gasteiger partial charge in [-0.25, -0.2) is 8.42 Å². The Labute approximate surface area is 155 Å². The fourth-order valence-electron chi connectivity index (χ4n) is 2.47. The highest BCUT2D eigenvalue weighted by Gasteiger charge is 2.11. The summed E-state index contributed by atoms with van der Waals surface area (Å²) in [5, 5.41) is 2.86. The van der Waals surface area contributed by atoms with Gasteiger partial charge in [-0.3, -0.25) is 9.52 Å². The number of nitrogens with one attached hydrogen (secondary N) is 2. The topological polar surface area (TPSA) is 78.5 Å². The van der Waals surface area contributed by atoms with Crippen molar-refractivity contribution < 1.29 is 13.2 Å². The zero-order valence-electron chi connectivity index (χ0n) is 15.1. The summed E-state index contributed by atoms with van der Waals surface area (Å²) in [6, 6.07) is 16.4. The summed E-state index contributed by atoms with van der Waals surface area (Å²) >= 11 is 0. The Kier molecular flexibility index (Phi) is 7.03. The molecule has 140 valence electrons. The van der Waals surface area contributed by atoms with Crippen molar-refractivity contribution in [3.63, 3.8) is 0 Å². The highest BCUT2D eigenvalue weighted by molar-refractivity contribution is 7.92. The third-order valence-corrected chi connectivity index (χ3v) is 5.29. The van der Waals surface area contributed by atoms with Crippen LogP contribution < -0.4 is 14.9 Å². The molecule has 1 amide bonds. The number of hydrogen-bond acceptors (Lipinski definition) is 4. The van der Waals surface area contributed by atoms with Crippen LogP contribution in [0.5, 0.6) is 0 Å². The molecule has 0 aliphatic carbocycles. The van der Waals surface area contributed by atoms with E-state index >= 15 is 0 Å². The van der Waals surface area contributed by atoms with Gasteiger partial charge in [-0.15, -0.1) is 0 Å². The minimum absolute atomic E-state index is 0.0508. The Morgan fingerprint density at radius 1 is 1.08 bits per heavy atom. The lowest BCUT2D eigenvalue weighted by Crippen LogP contribution is -2.33. The molecule has 0 aliphatic rings. The van der Waals surface area contributed by atoms with E-state index in [1.807, 2.05) is 37.4 Å². The number of likely N-dealkylation sites (N-methyl/N-ethyl adjacent to an activating group) is 1. The molecule has 0 saturated heterocycles. The number of para-hydroxylation sites is 1. The number of amides is 1. The molecular formula is C19H25N3O3S. The molecule has 0 aromatic heterocycles. The van der Waals surface area contributed by atoms with Crippen molar-refractivity contribution in [1.29, 1.82) is 0 Å². The molecule has 2 aromatic rings. The molecule has 26 heavy (non-hydrogen) atoms. The number of nitrogens with zero attached hydrogens (tertiary/aromatic N) is 1. The van der Waals surface area contributed by atoms with E-state index in [9.17, 15) is 13.2 Å². The van der Waals surface area contributed by atoms with Gasteiger partial charge in [-0.05, 0) is 36.8 Å². The molecule has 0 bridgehead atoms. The molecule has 0 spiro atoms. The Bertz CT molecular complexity index is 823. The minimum atomic E-state index is -3.37. The zero-order chi connectivity index (χ0) is 19.0. The van der Waals surface area contributed by atoms with E-state index in [1.54, 1.807) is 31.2 Å². The van der Waals surface area contributed by atoms with Gasteiger partial charge in [0.2, 0.25) is 10.0 Å². The summed E-state index contributed by atoms with van der Waals surface area (Å²) in [7, 11) is -1.41. The molecule has 2 N–H and O–H groups in total. The molecule has 6 nitrogen and oxygen atoms in total. The van der Waals surface area contributed by atoms with Crippen molar-refractivity contribution in [2.24, 2.45) is 0 Å². The van der Waals surface area contributed by atoms with E-state index in [0.717, 1.165) is 5.69 Å². The molecule has 0 heterocycles. The third-order valence-electron chi connectivity index (χ3n) is 3.80. The second-order valence-corrected chi connectivity index (χ2v) is 7.86. The number of sulfonamides is 1. The maximum absolute atomic E-state index is 12.3. The first-order valence-electron chi connectivity index (χ1n) is 8.56. The smallest absolute Gasteiger partial charge is 0.251 e. The first kappa shape index (κ1) is 19.8. The molecule has 0 atom stereocenters. The molecule has 2 rings (SSSR count). The van der Waals surface area contributed by atoms with Crippen molar-refractivity contribution in [2.45, 2.75) is 13.3 Å². The van der Waals surface area contributed by atoms with E-state index in [-0.39, 0.29) is 11.7 Å². The first-order chi connectivity index (χ1) is 12.4. The quantitative estimate of drug-likeness (QED) is 0.706. The maximum atomic E-state index is 12.3. The van der Waals surface area contributed by atoms with Crippen molar-refractivity contribution in [1.82, 2.24) is 5.32 Å². The number of rotatable bonds is 9. The fourth-order valence-corrected chi connectivity index (χ4v) is 3.60. The lowest BCUT2D eigenvalue weighted by molar-refractivity contribution is 0.0954. The van der Waals surface area contributed by atoms with Gasteiger partial charge >= 0.3 is 0 Å². The van der Waals surface area contributed by atoms with Gasteiger partial charge in [0.05, 0.1) is 5.75 Å². The molecule has 0 fully saturated rings. The van der Waals surface area contributed by atoms with Crippen molar-refractivity contribution in [2.75, 3.05) is 35.5 Å². The van der Waals surface area contributed by atoms with Gasteiger partial charge in [0.25, 0.3) is 5.91 Å².